The van der Waals surface area contributed by atoms with Crippen LogP contribution in [0.15, 0.2) is 75.8 Å². The van der Waals surface area contributed by atoms with Gasteiger partial charge in [0.15, 0.2) is 5.78 Å². The maximum absolute atomic E-state index is 12.1. The Labute approximate surface area is 255 Å². The van der Waals surface area contributed by atoms with Crippen molar-refractivity contribution in [2.75, 3.05) is 28.2 Å². The minimum atomic E-state index is -0.0966. The first-order chi connectivity index (χ1) is 19.4. The van der Waals surface area contributed by atoms with Crippen LogP contribution in [0.2, 0.25) is 10.0 Å². The first-order valence-electron chi connectivity index (χ1n) is 13.7. The predicted octanol–water partition coefficient (Wildman–Crippen LogP) is 8.47. The molecule has 7 heteroatoms. The summed E-state index contributed by atoms with van der Waals surface area (Å²) in [7, 11) is 6.94. The molecule has 0 bridgehead atoms. The number of aryl methyl sites for hydroxylation is 1. The first-order valence-corrected chi connectivity index (χ1v) is 14.5. The summed E-state index contributed by atoms with van der Waals surface area (Å²) in [6.45, 7) is 9.81. The number of amides is 1. The number of nitrogens with zero attached hydrogens (tertiary/aromatic N) is 3. The molecule has 1 amide bonds. The molecule has 0 atom stereocenters. The van der Waals surface area contributed by atoms with Crippen molar-refractivity contribution in [2.45, 2.75) is 47.5 Å². The average molecular weight is 595 g/mol. The molecule has 0 aliphatic heterocycles. The summed E-state index contributed by atoms with van der Waals surface area (Å²) in [5.41, 5.74) is 8.02. The lowest BCUT2D eigenvalue weighted by atomic mass is 9.87. The van der Waals surface area contributed by atoms with Gasteiger partial charge in [-0.05, 0) is 61.6 Å². The second-order valence-electron chi connectivity index (χ2n) is 10.3. The molecule has 0 heterocycles. The molecule has 1 aliphatic rings. The maximum Gasteiger partial charge on any atom is 0.253 e. The zero-order valence-corrected chi connectivity index (χ0v) is 27.1. The fourth-order valence-corrected chi connectivity index (χ4v) is 5.36. The topological polar surface area (TPSA) is 62.1 Å². The van der Waals surface area contributed by atoms with Gasteiger partial charge in [0.05, 0.1) is 5.71 Å². The Bertz CT molecular complexity index is 1420. The van der Waals surface area contributed by atoms with Crippen molar-refractivity contribution in [3.05, 3.63) is 98.1 Å². The summed E-state index contributed by atoms with van der Waals surface area (Å²) in [5.74, 6) is 0.0571. The van der Waals surface area contributed by atoms with Gasteiger partial charge in [-0.3, -0.25) is 19.6 Å². The molecular formula is C34H41Cl2N3O2. The molecule has 0 radical (unpaired) electrons. The van der Waals surface area contributed by atoms with E-state index in [0.717, 1.165) is 57.1 Å². The Balaban J connectivity index is 0.000000353. The molecule has 2 aromatic carbocycles. The molecular weight excluding hydrogens is 553 g/mol. The Morgan fingerprint density at radius 3 is 2.17 bits per heavy atom. The highest BCUT2D eigenvalue weighted by Crippen LogP contribution is 2.31. The molecule has 0 aromatic heterocycles. The zero-order valence-electron chi connectivity index (χ0n) is 25.6. The van der Waals surface area contributed by atoms with E-state index in [1.807, 2.05) is 57.3 Å². The minimum absolute atomic E-state index is 0.0484. The summed E-state index contributed by atoms with van der Waals surface area (Å²) in [6, 6.07) is 11.2. The number of aliphatic imine (C=N–C) groups is 2. The summed E-state index contributed by atoms with van der Waals surface area (Å²) in [5, 5.41) is 1.30. The minimum Gasteiger partial charge on any atom is -0.345 e. The van der Waals surface area contributed by atoms with Crippen molar-refractivity contribution in [3.8, 4) is 0 Å². The van der Waals surface area contributed by atoms with Crippen LogP contribution in [-0.2, 0) is 4.79 Å². The predicted molar refractivity (Wildman–Crippen MR) is 176 cm³/mol. The van der Waals surface area contributed by atoms with E-state index in [-0.39, 0.29) is 17.6 Å². The van der Waals surface area contributed by atoms with Crippen molar-refractivity contribution in [2.24, 2.45) is 15.9 Å². The normalized spacial score (nSPS) is 15.4. The van der Waals surface area contributed by atoms with Crippen LogP contribution in [0.5, 0.6) is 0 Å². The zero-order chi connectivity index (χ0) is 30.9. The molecule has 1 aliphatic carbocycles. The van der Waals surface area contributed by atoms with Gasteiger partial charge in [0.1, 0.15) is 0 Å². The molecule has 2 aromatic rings. The third kappa shape index (κ3) is 8.61. The smallest absolute Gasteiger partial charge is 0.253 e. The van der Waals surface area contributed by atoms with E-state index in [9.17, 15) is 9.59 Å². The number of Topliss-reactive ketones (excluding diaryl/α,β-unsaturated/α-hetero) is 1. The maximum atomic E-state index is 12.1. The number of rotatable bonds is 7. The first kappa shape index (κ1) is 33.9. The van der Waals surface area contributed by atoms with Gasteiger partial charge in [0, 0.05) is 71.8 Å². The SMILES string of the molecule is CCCC(=NC)c1c(C)cccc1Cl.CN=C1C=C(c2ccc(C(=O)N(C)C)cc2Cl)C=C/C1=C(\C(C)=O)C(C)C. The van der Waals surface area contributed by atoms with Crippen LogP contribution in [0.25, 0.3) is 5.57 Å². The van der Waals surface area contributed by atoms with E-state index >= 15 is 0 Å². The molecule has 218 valence electrons. The standard InChI is InChI=1S/C22H25ClN2O2.C12H16ClN/c1-13(2)21(14(3)26)18-10-7-15(12-20(18)24-4)17-9-8-16(11-19(17)23)22(27)25(5)6;1-4-6-11(14-3)12-9(2)7-5-8-10(12)13/h7-13H,1-6H3;5,7-8H,4,6H2,1-3H3/b21-18+,24-20?;. The van der Waals surface area contributed by atoms with Gasteiger partial charge in [-0.15, -0.1) is 0 Å². The molecule has 3 rings (SSSR count). The lowest BCUT2D eigenvalue weighted by Gasteiger charge is -2.19. The average Bonchev–Trinajstić information content (AvgIpc) is 2.92. The summed E-state index contributed by atoms with van der Waals surface area (Å²) in [6.07, 6.45) is 7.86. The monoisotopic (exact) mass is 593 g/mol. The number of allylic oxidation sites excluding steroid dienone is 6. The number of carbonyl (C=O) groups is 2. The lowest BCUT2D eigenvalue weighted by Crippen LogP contribution is -2.21. The van der Waals surface area contributed by atoms with Crippen LogP contribution < -0.4 is 0 Å². The van der Waals surface area contributed by atoms with Gasteiger partial charge in [0.25, 0.3) is 5.91 Å². The molecule has 0 fully saturated rings. The lowest BCUT2D eigenvalue weighted by molar-refractivity contribution is -0.114. The molecule has 5 nitrogen and oxygen atoms in total. The van der Waals surface area contributed by atoms with E-state index in [0.29, 0.717) is 10.6 Å². The largest absolute Gasteiger partial charge is 0.345 e. The fourth-order valence-electron chi connectivity index (χ4n) is 4.74. The molecule has 0 saturated carbocycles. The van der Waals surface area contributed by atoms with Crippen LogP contribution in [0.1, 0.15) is 67.6 Å². The fraction of sp³-hybridized carbons (Fsp3) is 0.353. The second kappa shape index (κ2) is 15.6. The Morgan fingerprint density at radius 1 is 1.00 bits per heavy atom. The third-order valence-corrected chi connectivity index (χ3v) is 7.31. The van der Waals surface area contributed by atoms with Crippen LogP contribution in [0, 0.1) is 12.8 Å². The molecule has 0 N–H and O–H groups in total. The quantitative estimate of drug-likeness (QED) is 0.238. The molecule has 41 heavy (non-hydrogen) atoms. The van der Waals surface area contributed by atoms with Gasteiger partial charge in [-0.2, -0.15) is 0 Å². The number of hydrogen-bond acceptors (Lipinski definition) is 4. The van der Waals surface area contributed by atoms with Gasteiger partial charge in [-0.25, -0.2) is 0 Å². The molecule has 0 unspecified atom stereocenters. The highest BCUT2D eigenvalue weighted by Gasteiger charge is 2.20. The number of benzene rings is 2. The van der Waals surface area contributed by atoms with E-state index < -0.39 is 0 Å². The van der Waals surface area contributed by atoms with Crippen molar-refractivity contribution in [3.63, 3.8) is 0 Å². The van der Waals surface area contributed by atoms with Gasteiger partial charge < -0.3 is 4.90 Å². The Kier molecular flexibility index (Phi) is 12.9. The van der Waals surface area contributed by atoms with Gasteiger partial charge >= 0.3 is 0 Å². The van der Waals surface area contributed by atoms with E-state index in [1.54, 1.807) is 40.2 Å². The van der Waals surface area contributed by atoms with Gasteiger partial charge in [-0.1, -0.05) is 80.7 Å². The number of carbonyl (C=O) groups excluding carboxylic acids is 2. The summed E-state index contributed by atoms with van der Waals surface area (Å²) < 4.78 is 0. The van der Waals surface area contributed by atoms with Crippen molar-refractivity contribution in [1.82, 2.24) is 4.90 Å². The Hall–Kier alpha value is -3.28. The van der Waals surface area contributed by atoms with Gasteiger partial charge in [0.2, 0.25) is 0 Å². The Morgan fingerprint density at radius 2 is 1.68 bits per heavy atom. The summed E-state index contributed by atoms with van der Waals surface area (Å²) in [4.78, 5) is 34.4. The number of hydrogen-bond donors (Lipinski definition) is 0. The van der Waals surface area contributed by atoms with E-state index in [4.69, 9.17) is 23.2 Å². The number of ketones is 1. The van der Waals surface area contributed by atoms with Crippen LogP contribution in [-0.4, -0.2) is 56.2 Å². The number of halogens is 2. The highest BCUT2D eigenvalue weighted by molar-refractivity contribution is 6.34. The molecule has 0 saturated heterocycles. The highest BCUT2D eigenvalue weighted by atomic mass is 35.5. The third-order valence-electron chi connectivity index (χ3n) is 6.69. The van der Waals surface area contributed by atoms with Crippen molar-refractivity contribution >= 4 is 51.9 Å². The van der Waals surface area contributed by atoms with Crippen LogP contribution in [0.4, 0.5) is 0 Å². The second-order valence-corrected chi connectivity index (χ2v) is 11.1. The van der Waals surface area contributed by atoms with Crippen molar-refractivity contribution < 1.29 is 9.59 Å². The van der Waals surface area contributed by atoms with Crippen LogP contribution in [0.3, 0.4) is 0 Å². The van der Waals surface area contributed by atoms with Crippen molar-refractivity contribution in [1.29, 1.82) is 0 Å². The van der Waals surface area contributed by atoms with Crippen LogP contribution >= 0.6 is 23.2 Å². The van der Waals surface area contributed by atoms with E-state index in [1.165, 1.54) is 10.5 Å². The molecule has 0 spiro atoms. The van der Waals surface area contributed by atoms with E-state index in [2.05, 4.69) is 29.9 Å². The summed E-state index contributed by atoms with van der Waals surface area (Å²) >= 11 is 12.6.